The Balaban J connectivity index is 2.36. The zero-order valence-corrected chi connectivity index (χ0v) is 9.77. The fourth-order valence-corrected chi connectivity index (χ4v) is 2.86. The van der Waals surface area contributed by atoms with Crippen LogP contribution in [0.25, 0.3) is 0 Å². The van der Waals surface area contributed by atoms with Gasteiger partial charge in [-0.05, 0) is 12.1 Å². The second-order valence-corrected chi connectivity index (χ2v) is 5.11. The molecule has 0 amide bonds. The van der Waals surface area contributed by atoms with Crippen LogP contribution in [-0.2, 0) is 0 Å². The molecule has 0 aliphatic heterocycles. The highest BCUT2D eigenvalue weighted by Crippen LogP contribution is 2.33. The molecule has 0 saturated carbocycles. The number of aldehydes is 1. The first-order chi connectivity index (χ1) is 7.31. The van der Waals surface area contributed by atoms with Crippen molar-refractivity contribution >= 4 is 41.0 Å². The van der Waals surface area contributed by atoms with Crippen molar-refractivity contribution in [2.45, 2.75) is 9.24 Å². The Labute approximate surface area is 99.5 Å². The number of hydrogen-bond donors (Lipinski definition) is 0. The molecule has 0 N–H and O–H groups in total. The topological polar surface area (TPSA) is 42.9 Å². The van der Waals surface area contributed by atoms with Gasteiger partial charge in [0.25, 0.3) is 0 Å². The molecule has 2 rings (SSSR count). The summed E-state index contributed by atoms with van der Waals surface area (Å²) in [5.74, 6) is 0. The van der Waals surface area contributed by atoms with Gasteiger partial charge < -0.3 is 0 Å². The number of benzene rings is 1. The van der Waals surface area contributed by atoms with Gasteiger partial charge in [-0.1, -0.05) is 40.8 Å². The van der Waals surface area contributed by atoms with Crippen LogP contribution in [0.15, 0.2) is 32.9 Å². The molecule has 3 nitrogen and oxygen atoms in total. The highest BCUT2D eigenvalue weighted by Gasteiger charge is 2.08. The summed E-state index contributed by atoms with van der Waals surface area (Å²) < 4.78 is 0.792. The second-order valence-electron chi connectivity index (χ2n) is 2.58. The summed E-state index contributed by atoms with van der Waals surface area (Å²) >= 11 is 8.71. The zero-order chi connectivity index (χ0) is 10.7. The van der Waals surface area contributed by atoms with Crippen LogP contribution < -0.4 is 0 Å². The molecule has 0 aliphatic carbocycles. The molecule has 0 unspecified atom stereocenters. The number of hydrogen-bond acceptors (Lipinski definition) is 5. The Morgan fingerprint density at radius 1 is 1.47 bits per heavy atom. The fraction of sp³-hybridized carbons (Fsp3) is 0. The van der Waals surface area contributed by atoms with E-state index in [0.29, 0.717) is 10.6 Å². The second kappa shape index (κ2) is 4.74. The molecule has 0 fully saturated rings. The Morgan fingerprint density at radius 2 is 2.33 bits per heavy atom. The third-order valence-electron chi connectivity index (χ3n) is 1.67. The van der Waals surface area contributed by atoms with Crippen LogP contribution in [0.2, 0.25) is 5.02 Å². The quantitative estimate of drug-likeness (QED) is 0.792. The Bertz CT molecular complexity index is 473. The summed E-state index contributed by atoms with van der Waals surface area (Å²) in [6.07, 6.45) is 0.756. The average Bonchev–Trinajstić information content (AvgIpc) is 2.71. The number of carbonyl (C=O) groups is 1. The van der Waals surface area contributed by atoms with Gasteiger partial charge in [-0.15, -0.1) is 10.2 Å². The standard InChI is InChI=1S/C9H5ClN2OS2/c10-7-2-1-3-8(6(7)4-13)15-9-12-11-5-14-9/h1-5H. The van der Waals surface area contributed by atoms with Crippen LogP contribution in [0, 0.1) is 0 Å². The molecule has 1 aromatic heterocycles. The van der Waals surface area contributed by atoms with Crippen LogP contribution in [0.5, 0.6) is 0 Å². The lowest BCUT2D eigenvalue weighted by molar-refractivity contribution is 0.112. The third-order valence-corrected chi connectivity index (χ3v) is 3.85. The lowest BCUT2D eigenvalue weighted by atomic mass is 10.2. The summed E-state index contributed by atoms with van der Waals surface area (Å²) in [4.78, 5) is 11.6. The predicted molar refractivity (Wildman–Crippen MR) is 60.9 cm³/mol. The Hall–Kier alpha value is -0.910. The van der Waals surface area contributed by atoms with Crippen molar-refractivity contribution in [3.63, 3.8) is 0 Å². The molecule has 0 radical (unpaired) electrons. The first kappa shape index (κ1) is 10.6. The van der Waals surface area contributed by atoms with E-state index in [1.807, 2.05) is 6.07 Å². The summed E-state index contributed by atoms with van der Waals surface area (Å²) in [6, 6.07) is 5.33. The molecule has 0 aliphatic rings. The Morgan fingerprint density at radius 3 is 3.00 bits per heavy atom. The highest BCUT2D eigenvalue weighted by atomic mass is 35.5. The number of carbonyl (C=O) groups excluding carboxylic acids is 1. The molecule has 76 valence electrons. The van der Waals surface area contributed by atoms with Gasteiger partial charge in [0, 0.05) is 10.5 Å². The van der Waals surface area contributed by atoms with Crippen molar-refractivity contribution in [3.8, 4) is 0 Å². The molecule has 0 atom stereocenters. The van der Waals surface area contributed by atoms with Crippen LogP contribution in [0.3, 0.4) is 0 Å². The van der Waals surface area contributed by atoms with Gasteiger partial charge in [-0.25, -0.2) is 0 Å². The van der Waals surface area contributed by atoms with E-state index >= 15 is 0 Å². The summed E-state index contributed by atoms with van der Waals surface area (Å²) in [5, 5.41) is 8.07. The van der Waals surface area contributed by atoms with E-state index in [0.717, 1.165) is 15.5 Å². The minimum absolute atomic E-state index is 0.458. The van der Waals surface area contributed by atoms with E-state index in [-0.39, 0.29) is 0 Å². The van der Waals surface area contributed by atoms with Gasteiger partial charge in [0.2, 0.25) is 0 Å². The van der Waals surface area contributed by atoms with Gasteiger partial charge >= 0.3 is 0 Å². The first-order valence-electron chi connectivity index (χ1n) is 3.99. The fourth-order valence-electron chi connectivity index (χ4n) is 1.02. The van der Waals surface area contributed by atoms with Crippen molar-refractivity contribution in [3.05, 3.63) is 34.3 Å². The number of aromatic nitrogens is 2. The number of nitrogens with zero attached hydrogens (tertiary/aromatic N) is 2. The molecule has 0 saturated heterocycles. The molecule has 1 heterocycles. The van der Waals surface area contributed by atoms with Crippen molar-refractivity contribution in [1.82, 2.24) is 10.2 Å². The third kappa shape index (κ3) is 2.37. The normalized spacial score (nSPS) is 10.2. The van der Waals surface area contributed by atoms with E-state index in [2.05, 4.69) is 10.2 Å². The largest absolute Gasteiger partial charge is 0.298 e. The van der Waals surface area contributed by atoms with Gasteiger partial charge in [0.1, 0.15) is 5.51 Å². The minimum atomic E-state index is 0.458. The SMILES string of the molecule is O=Cc1c(Cl)cccc1Sc1nncs1. The van der Waals surface area contributed by atoms with Crippen molar-refractivity contribution in [2.75, 3.05) is 0 Å². The molecular formula is C9H5ClN2OS2. The maximum absolute atomic E-state index is 10.8. The highest BCUT2D eigenvalue weighted by molar-refractivity contribution is 8.01. The van der Waals surface area contributed by atoms with Crippen LogP contribution >= 0.6 is 34.7 Å². The summed E-state index contributed by atoms with van der Waals surface area (Å²) in [7, 11) is 0. The maximum Gasteiger partial charge on any atom is 0.178 e. The summed E-state index contributed by atoms with van der Waals surface area (Å²) in [5.41, 5.74) is 2.15. The van der Waals surface area contributed by atoms with Crippen molar-refractivity contribution in [2.24, 2.45) is 0 Å². The van der Waals surface area contributed by atoms with Crippen LogP contribution in [0.4, 0.5) is 0 Å². The lowest BCUT2D eigenvalue weighted by Crippen LogP contribution is -1.86. The molecular weight excluding hydrogens is 252 g/mol. The summed E-state index contributed by atoms with van der Waals surface area (Å²) in [6.45, 7) is 0. The smallest absolute Gasteiger partial charge is 0.178 e. The number of rotatable bonds is 3. The van der Waals surface area contributed by atoms with Crippen LogP contribution in [0.1, 0.15) is 10.4 Å². The van der Waals surface area contributed by atoms with Crippen molar-refractivity contribution < 1.29 is 4.79 Å². The van der Waals surface area contributed by atoms with E-state index in [9.17, 15) is 4.79 Å². The van der Waals surface area contributed by atoms with Gasteiger partial charge in [-0.2, -0.15) is 0 Å². The predicted octanol–water partition coefficient (Wildman–Crippen LogP) is 3.16. The van der Waals surface area contributed by atoms with Gasteiger partial charge in [0.05, 0.1) is 5.02 Å². The van der Waals surface area contributed by atoms with E-state index in [1.54, 1.807) is 17.6 Å². The zero-order valence-electron chi connectivity index (χ0n) is 7.38. The maximum atomic E-state index is 10.8. The number of halogens is 1. The molecule has 15 heavy (non-hydrogen) atoms. The average molecular weight is 257 g/mol. The van der Waals surface area contributed by atoms with Gasteiger partial charge in [-0.3, -0.25) is 4.79 Å². The first-order valence-corrected chi connectivity index (χ1v) is 6.06. The molecule has 2 aromatic rings. The Kier molecular flexibility index (Phi) is 3.35. The van der Waals surface area contributed by atoms with E-state index in [4.69, 9.17) is 11.6 Å². The lowest BCUT2D eigenvalue weighted by Gasteiger charge is -2.02. The monoisotopic (exact) mass is 256 g/mol. The molecule has 1 aromatic carbocycles. The van der Waals surface area contributed by atoms with Crippen molar-refractivity contribution in [1.29, 1.82) is 0 Å². The molecule has 0 spiro atoms. The minimum Gasteiger partial charge on any atom is -0.298 e. The van der Waals surface area contributed by atoms with Crippen LogP contribution in [-0.4, -0.2) is 16.5 Å². The molecule has 6 heteroatoms. The van der Waals surface area contributed by atoms with Gasteiger partial charge in [0.15, 0.2) is 10.6 Å². The van der Waals surface area contributed by atoms with E-state index in [1.165, 1.54) is 23.1 Å². The molecule has 0 bridgehead atoms. The van der Waals surface area contributed by atoms with E-state index < -0.39 is 0 Å².